The first-order valence-electron chi connectivity index (χ1n) is 6.50. The minimum absolute atomic E-state index is 0.0349. The Balaban J connectivity index is 2.02. The maximum atomic E-state index is 12.2. The topological polar surface area (TPSA) is 81.1 Å². The molecule has 1 N–H and O–H groups in total. The highest BCUT2D eigenvalue weighted by atomic mass is 32.2. The fraction of sp³-hybridized carbons (Fsp3) is 0.667. The lowest BCUT2D eigenvalue weighted by Crippen LogP contribution is -2.46. The highest BCUT2D eigenvalue weighted by Crippen LogP contribution is 2.10. The first-order valence-corrected chi connectivity index (χ1v) is 8.32. The van der Waals surface area contributed by atoms with Crippen LogP contribution in [0.25, 0.3) is 0 Å². The van der Waals surface area contributed by atoms with Gasteiger partial charge in [-0.1, -0.05) is 6.92 Å². The van der Waals surface area contributed by atoms with Gasteiger partial charge < -0.3 is 9.88 Å². The molecule has 0 aliphatic carbocycles. The van der Waals surface area contributed by atoms with E-state index in [0.29, 0.717) is 12.4 Å². The molecular formula is C12H19N3O3S. The minimum atomic E-state index is -3.01. The molecule has 0 spiro atoms. The zero-order chi connectivity index (χ0) is 13.9. The van der Waals surface area contributed by atoms with Crippen molar-refractivity contribution in [3.63, 3.8) is 0 Å². The van der Waals surface area contributed by atoms with Crippen molar-refractivity contribution in [3.8, 4) is 0 Å². The van der Waals surface area contributed by atoms with E-state index in [-0.39, 0.29) is 29.8 Å². The molecule has 1 aromatic rings. The van der Waals surface area contributed by atoms with Crippen molar-refractivity contribution in [1.29, 1.82) is 0 Å². The molecule has 1 aliphatic heterocycles. The van der Waals surface area contributed by atoms with Crippen LogP contribution in [0.5, 0.6) is 0 Å². The predicted octanol–water partition coefficient (Wildman–Crippen LogP) is 0.253. The number of hydrogen-bond donors (Lipinski definition) is 1. The Morgan fingerprint density at radius 3 is 3.05 bits per heavy atom. The van der Waals surface area contributed by atoms with E-state index in [9.17, 15) is 13.2 Å². The fourth-order valence-electron chi connectivity index (χ4n) is 2.30. The van der Waals surface area contributed by atoms with Crippen LogP contribution in [0.2, 0.25) is 0 Å². The molecule has 0 radical (unpaired) electrons. The van der Waals surface area contributed by atoms with Crippen molar-refractivity contribution >= 4 is 15.6 Å². The highest BCUT2D eigenvalue weighted by molar-refractivity contribution is 7.91. The number of ketones is 1. The normalized spacial score (nSPS) is 22.3. The number of nitrogens with one attached hydrogen (secondary N) is 1. The number of sulfone groups is 1. The van der Waals surface area contributed by atoms with Gasteiger partial charge >= 0.3 is 0 Å². The summed E-state index contributed by atoms with van der Waals surface area (Å²) in [5.41, 5.74) is 0. The lowest BCUT2D eigenvalue weighted by molar-refractivity contribution is 0.0957. The predicted molar refractivity (Wildman–Crippen MR) is 71.9 cm³/mol. The van der Waals surface area contributed by atoms with Crippen molar-refractivity contribution in [2.24, 2.45) is 0 Å². The van der Waals surface area contributed by atoms with E-state index in [4.69, 9.17) is 0 Å². The summed E-state index contributed by atoms with van der Waals surface area (Å²) in [6.07, 6.45) is 4.49. The van der Waals surface area contributed by atoms with Crippen LogP contribution >= 0.6 is 0 Å². The Labute approximate surface area is 113 Å². The van der Waals surface area contributed by atoms with E-state index < -0.39 is 9.84 Å². The highest BCUT2D eigenvalue weighted by Gasteiger charge is 2.27. The van der Waals surface area contributed by atoms with Crippen molar-refractivity contribution < 1.29 is 13.2 Å². The number of imidazole rings is 1. The maximum absolute atomic E-state index is 12.2. The number of Topliss-reactive ketones (excluding diaryl/α,β-unsaturated/α-hetero) is 1. The minimum Gasteiger partial charge on any atom is -0.329 e. The third-order valence-corrected chi connectivity index (χ3v) is 4.90. The summed E-state index contributed by atoms with van der Waals surface area (Å²) in [7, 11) is -3.01. The van der Waals surface area contributed by atoms with E-state index in [1.165, 1.54) is 0 Å². The summed E-state index contributed by atoms with van der Waals surface area (Å²) in [6, 6.07) is -0.293. The molecule has 7 heteroatoms. The second-order valence-electron chi connectivity index (χ2n) is 4.84. The van der Waals surface area contributed by atoms with Crippen molar-refractivity contribution in [3.05, 3.63) is 18.2 Å². The molecule has 106 valence electrons. The van der Waals surface area contributed by atoms with Crippen LogP contribution in [0, 0.1) is 0 Å². The monoisotopic (exact) mass is 285 g/mol. The van der Waals surface area contributed by atoms with E-state index in [1.54, 1.807) is 12.4 Å². The second-order valence-corrected chi connectivity index (χ2v) is 7.07. The lowest BCUT2D eigenvalue weighted by Gasteiger charge is -2.22. The van der Waals surface area contributed by atoms with Gasteiger partial charge in [0.2, 0.25) is 0 Å². The van der Waals surface area contributed by atoms with Gasteiger partial charge in [-0.25, -0.2) is 13.4 Å². The molecule has 1 saturated heterocycles. The lowest BCUT2D eigenvalue weighted by atomic mass is 10.1. The van der Waals surface area contributed by atoms with Crippen molar-refractivity contribution in [2.75, 3.05) is 18.1 Å². The molecule has 2 heterocycles. The van der Waals surface area contributed by atoms with Crippen LogP contribution in [0.4, 0.5) is 0 Å². The average Bonchev–Trinajstić information content (AvgIpc) is 2.76. The first-order chi connectivity index (χ1) is 9.02. The molecule has 2 rings (SSSR count). The van der Waals surface area contributed by atoms with Gasteiger partial charge in [-0.15, -0.1) is 0 Å². The van der Waals surface area contributed by atoms with Gasteiger partial charge in [-0.2, -0.15) is 0 Å². The molecule has 0 amide bonds. The Kier molecular flexibility index (Phi) is 4.36. The largest absolute Gasteiger partial charge is 0.329 e. The summed E-state index contributed by atoms with van der Waals surface area (Å²) < 4.78 is 24.9. The summed E-state index contributed by atoms with van der Waals surface area (Å²) in [5, 5.41) is 3.08. The number of aryl methyl sites for hydroxylation is 1. The molecule has 1 unspecified atom stereocenters. The SMILES string of the molecule is CCCn1ccnc1C(=O)CC1CS(=O)(=O)CCN1. The Bertz CT molecular complexity index is 550. The standard InChI is InChI=1S/C12H19N3O3S/c1-2-5-15-6-3-14-12(15)11(16)8-10-9-19(17,18)7-4-13-10/h3,6,10,13H,2,4-5,7-9H2,1H3. The van der Waals surface area contributed by atoms with E-state index in [1.807, 2.05) is 11.5 Å². The van der Waals surface area contributed by atoms with Crippen molar-refractivity contribution in [1.82, 2.24) is 14.9 Å². The Hall–Kier alpha value is -1.21. The zero-order valence-corrected chi connectivity index (χ0v) is 11.8. The zero-order valence-electron chi connectivity index (χ0n) is 11.0. The number of nitrogens with zero attached hydrogens (tertiary/aromatic N) is 2. The second kappa shape index (κ2) is 5.83. The third kappa shape index (κ3) is 3.63. The number of carbonyl (C=O) groups excluding carboxylic acids is 1. The Morgan fingerprint density at radius 2 is 2.37 bits per heavy atom. The molecule has 1 fully saturated rings. The average molecular weight is 285 g/mol. The van der Waals surface area contributed by atoms with E-state index in [2.05, 4.69) is 10.3 Å². The molecule has 1 aliphatic rings. The molecule has 19 heavy (non-hydrogen) atoms. The molecule has 1 atom stereocenters. The molecule has 0 saturated carbocycles. The molecular weight excluding hydrogens is 266 g/mol. The summed E-state index contributed by atoms with van der Waals surface area (Å²) >= 11 is 0. The van der Waals surface area contributed by atoms with Crippen molar-refractivity contribution in [2.45, 2.75) is 32.4 Å². The van der Waals surface area contributed by atoms with Gasteiger partial charge in [0.1, 0.15) is 0 Å². The molecule has 0 bridgehead atoms. The van der Waals surface area contributed by atoms with Gasteiger partial charge in [0.15, 0.2) is 21.4 Å². The number of carbonyl (C=O) groups is 1. The summed E-state index contributed by atoms with van der Waals surface area (Å²) in [6.45, 7) is 3.20. The van der Waals surface area contributed by atoms with Gasteiger partial charge in [0.25, 0.3) is 0 Å². The summed E-state index contributed by atoms with van der Waals surface area (Å²) in [5.74, 6) is 0.509. The van der Waals surface area contributed by atoms with Gasteiger partial charge in [-0.3, -0.25) is 4.79 Å². The van der Waals surface area contributed by atoms with Gasteiger partial charge in [-0.05, 0) is 6.42 Å². The van der Waals surface area contributed by atoms with Crippen LogP contribution in [0.3, 0.4) is 0 Å². The van der Waals surface area contributed by atoms with Crippen LogP contribution in [-0.2, 0) is 16.4 Å². The fourth-order valence-corrected chi connectivity index (χ4v) is 3.74. The van der Waals surface area contributed by atoms with Crippen LogP contribution in [0.15, 0.2) is 12.4 Å². The molecule has 0 aromatic carbocycles. The first kappa shape index (κ1) is 14.2. The maximum Gasteiger partial charge on any atom is 0.199 e. The summed E-state index contributed by atoms with van der Waals surface area (Å²) in [4.78, 5) is 16.2. The smallest absolute Gasteiger partial charge is 0.199 e. The van der Waals surface area contributed by atoms with Gasteiger partial charge in [0.05, 0.1) is 11.5 Å². The number of hydrogen-bond acceptors (Lipinski definition) is 5. The van der Waals surface area contributed by atoms with Gasteiger partial charge in [0, 0.05) is 37.9 Å². The number of rotatable bonds is 5. The molecule has 1 aromatic heterocycles. The molecule has 6 nitrogen and oxygen atoms in total. The number of aromatic nitrogens is 2. The van der Waals surface area contributed by atoms with E-state index in [0.717, 1.165) is 13.0 Å². The van der Waals surface area contributed by atoms with Crippen LogP contribution in [-0.4, -0.2) is 47.8 Å². The quantitative estimate of drug-likeness (QED) is 0.784. The van der Waals surface area contributed by atoms with E-state index >= 15 is 0 Å². The van der Waals surface area contributed by atoms with Crippen LogP contribution in [0.1, 0.15) is 30.4 Å². The van der Waals surface area contributed by atoms with Crippen LogP contribution < -0.4 is 5.32 Å². The third-order valence-electron chi connectivity index (χ3n) is 3.16. The Morgan fingerprint density at radius 1 is 1.58 bits per heavy atom.